The van der Waals surface area contributed by atoms with E-state index in [1.807, 2.05) is 24.3 Å². The van der Waals surface area contributed by atoms with Crippen molar-refractivity contribution in [3.05, 3.63) is 64.5 Å². The predicted molar refractivity (Wildman–Crippen MR) is 86.2 cm³/mol. The van der Waals surface area contributed by atoms with Gasteiger partial charge in [-0.05, 0) is 30.7 Å². The molecule has 7 heteroatoms. The van der Waals surface area contributed by atoms with Crippen LogP contribution in [0.3, 0.4) is 0 Å². The lowest BCUT2D eigenvalue weighted by molar-refractivity contribution is -0.384. The summed E-state index contributed by atoms with van der Waals surface area (Å²) in [6.07, 6.45) is 1.62. The van der Waals surface area contributed by atoms with Crippen LogP contribution in [0.2, 0.25) is 0 Å². The summed E-state index contributed by atoms with van der Waals surface area (Å²) in [5.41, 5.74) is 2.91. The summed E-state index contributed by atoms with van der Waals surface area (Å²) in [7, 11) is 0. The fourth-order valence-electron chi connectivity index (χ4n) is 2.38. The van der Waals surface area contributed by atoms with Gasteiger partial charge in [-0.1, -0.05) is 12.1 Å². The third-order valence-corrected chi connectivity index (χ3v) is 3.54. The molecular weight excluding hydrogens is 296 g/mol. The van der Waals surface area contributed by atoms with Gasteiger partial charge in [0, 0.05) is 17.8 Å². The van der Waals surface area contributed by atoms with Crippen LogP contribution in [0.25, 0.3) is 11.0 Å². The first kappa shape index (κ1) is 14.7. The number of nitrogens with one attached hydrogen (secondary N) is 1. The smallest absolute Gasteiger partial charge is 0.269 e. The molecule has 0 aliphatic heterocycles. The van der Waals surface area contributed by atoms with Crippen LogP contribution in [0.1, 0.15) is 5.56 Å². The number of carbonyl (C=O) groups is 1. The molecule has 116 valence electrons. The molecule has 23 heavy (non-hydrogen) atoms. The van der Waals surface area contributed by atoms with Crippen molar-refractivity contribution < 1.29 is 9.72 Å². The summed E-state index contributed by atoms with van der Waals surface area (Å²) in [6.45, 7) is 1.84. The fraction of sp³-hybridized carbons (Fsp3) is 0.125. The highest BCUT2D eigenvalue weighted by molar-refractivity contribution is 5.92. The quantitative estimate of drug-likeness (QED) is 0.592. The van der Waals surface area contributed by atoms with Crippen LogP contribution in [-0.2, 0) is 11.3 Å². The zero-order valence-corrected chi connectivity index (χ0v) is 12.4. The van der Waals surface area contributed by atoms with Gasteiger partial charge in [-0.25, -0.2) is 4.98 Å². The van der Waals surface area contributed by atoms with E-state index in [1.54, 1.807) is 17.8 Å². The molecule has 0 radical (unpaired) electrons. The molecule has 1 aromatic heterocycles. The molecule has 1 N–H and O–H groups in total. The van der Waals surface area contributed by atoms with Gasteiger partial charge in [0.15, 0.2) is 0 Å². The second kappa shape index (κ2) is 5.88. The highest BCUT2D eigenvalue weighted by Gasteiger charge is 2.11. The maximum atomic E-state index is 12.2. The third kappa shape index (κ3) is 3.03. The van der Waals surface area contributed by atoms with E-state index in [9.17, 15) is 14.9 Å². The number of nitro groups is 1. The number of imidazole rings is 1. The lowest BCUT2D eigenvalue weighted by Gasteiger charge is -2.09. The number of amides is 1. The van der Waals surface area contributed by atoms with Gasteiger partial charge in [0.1, 0.15) is 6.54 Å². The molecule has 0 saturated heterocycles. The Hall–Kier alpha value is -3.22. The number of aromatic nitrogens is 2. The minimum absolute atomic E-state index is 0.00102. The first-order valence-corrected chi connectivity index (χ1v) is 6.99. The van der Waals surface area contributed by atoms with Crippen LogP contribution in [-0.4, -0.2) is 20.4 Å². The lowest BCUT2D eigenvalue weighted by atomic mass is 10.2. The predicted octanol–water partition coefficient (Wildman–Crippen LogP) is 2.89. The molecule has 0 saturated carbocycles. The number of rotatable bonds is 4. The van der Waals surface area contributed by atoms with Crippen molar-refractivity contribution in [2.75, 3.05) is 5.32 Å². The van der Waals surface area contributed by atoms with Crippen LogP contribution in [0.4, 0.5) is 11.4 Å². The average molecular weight is 310 g/mol. The molecule has 0 fully saturated rings. The number of anilines is 1. The molecule has 0 spiro atoms. The Bertz CT molecular complexity index is 901. The van der Waals surface area contributed by atoms with Crippen molar-refractivity contribution >= 4 is 28.3 Å². The summed E-state index contributed by atoms with van der Waals surface area (Å²) in [5.74, 6) is -0.217. The van der Waals surface area contributed by atoms with Crippen molar-refractivity contribution in [2.45, 2.75) is 13.5 Å². The Labute approximate surface area is 131 Å². The molecule has 3 rings (SSSR count). The zero-order valence-electron chi connectivity index (χ0n) is 12.4. The Morgan fingerprint density at radius 3 is 2.83 bits per heavy atom. The van der Waals surface area contributed by atoms with Gasteiger partial charge in [-0.3, -0.25) is 14.9 Å². The standard InChI is InChI=1S/C16H14N4O3/c1-11-8-12(20(22)23)6-7-13(11)18-16(21)9-19-10-17-14-4-2-3-5-15(14)19/h2-8,10H,9H2,1H3,(H,18,21). The second-order valence-electron chi connectivity index (χ2n) is 5.17. The Kier molecular flexibility index (Phi) is 3.76. The highest BCUT2D eigenvalue weighted by Crippen LogP contribution is 2.21. The molecule has 1 heterocycles. The summed E-state index contributed by atoms with van der Waals surface area (Å²) in [5, 5.41) is 13.5. The Morgan fingerprint density at radius 2 is 2.09 bits per heavy atom. The number of carbonyl (C=O) groups excluding carboxylic acids is 1. The van der Waals surface area contributed by atoms with Crippen LogP contribution in [0.5, 0.6) is 0 Å². The van der Waals surface area contributed by atoms with Gasteiger partial charge in [-0.15, -0.1) is 0 Å². The van der Waals surface area contributed by atoms with E-state index in [-0.39, 0.29) is 18.1 Å². The van der Waals surface area contributed by atoms with Crippen molar-refractivity contribution in [3.8, 4) is 0 Å². The van der Waals surface area contributed by atoms with E-state index in [0.717, 1.165) is 11.0 Å². The molecule has 2 aromatic carbocycles. The molecule has 0 aliphatic carbocycles. The number of nitrogens with zero attached hydrogens (tertiary/aromatic N) is 3. The first-order valence-electron chi connectivity index (χ1n) is 6.99. The van der Waals surface area contributed by atoms with Gasteiger partial charge in [-0.2, -0.15) is 0 Å². The van der Waals surface area contributed by atoms with E-state index >= 15 is 0 Å². The number of fused-ring (bicyclic) bond motifs is 1. The number of non-ortho nitro benzene ring substituents is 1. The van der Waals surface area contributed by atoms with Gasteiger partial charge >= 0.3 is 0 Å². The van der Waals surface area contributed by atoms with E-state index < -0.39 is 4.92 Å². The molecule has 0 bridgehead atoms. The number of nitro benzene ring substituents is 1. The van der Waals surface area contributed by atoms with Crippen LogP contribution >= 0.6 is 0 Å². The SMILES string of the molecule is Cc1cc([N+](=O)[O-])ccc1NC(=O)Cn1cnc2ccccc21. The Balaban J connectivity index is 1.76. The van der Waals surface area contributed by atoms with Crippen LogP contribution < -0.4 is 5.32 Å². The maximum absolute atomic E-state index is 12.2. The maximum Gasteiger partial charge on any atom is 0.269 e. The highest BCUT2D eigenvalue weighted by atomic mass is 16.6. The summed E-state index contributed by atoms with van der Waals surface area (Å²) < 4.78 is 1.76. The van der Waals surface area contributed by atoms with E-state index in [1.165, 1.54) is 18.2 Å². The average Bonchev–Trinajstić information content (AvgIpc) is 2.92. The zero-order chi connectivity index (χ0) is 16.4. The molecule has 0 aliphatic rings. The topological polar surface area (TPSA) is 90.1 Å². The number of hydrogen-bond donors (Lipinski definition) is 1. The van der Waals surface area contributed by atoms with Gasteiger partial charge < -0.3 is 9.88 Å². The number of benzene rings is 2. The monoisotopic (exact) mass is 310 g/mol. The van der Waals surface area contributed by atoms with Crippen molar-refractivity contribution in [2.24, 2.45) is 0 Å². The molecule has 0 unspecified atom stereocenters. The van der Waals surface area contributed by atoms with E-state index in [4.69, 9.17) is 0 Å². The van der Waals surface area contributed by atoms with Gasteiger partial charge in [0.25, 0.3) is 5.69 Å². The number of hydrogen-bond acceptors (Lipinski definition) is 4. The minimum Gasteiger partial charge on any atom is -0.324 e. The lowest BCUT2D eigenvalue weighted by Crippen LogP contribution is -2.18. The largest absolute Gasteiger partial charge is 0.324 e. The normalized spacial score (nSPS) is 10.7. The fourth-order valence-corrected chi connectivity index (χ4v) is 2.38. The first-order chi connectivity index (χ1) is 11.0. The Morgan fingerprint density at radius 1 is 1.30 bits per heavy atom. The molecule has 0 atom stereocenters. The van der Waals surface area contributed by atoms with Gasteiger partial charge in [0.05, 0.1) is 22.3 Å². The number of para-hydroxylation sites is 2. The minimum atomic E-state index is -0.462. The van der Waals surface area contributed by atoms with Crippen molar-refractivity contribution in [1.82, 2.24) is 9.55 Å². The van der Waals surface area contributed by atoms with Crippen molar-refractivity contribution in [1.29, 1.82) is 0 Å². The molecule has 7 nitrogen and oxygen atoms in total. The molecular formula is C16H14N4O3. The van der Waals surface area contributed by atoms with Gasteiger partial charge in [0.2, 0.25) is 5.91 Å². The van der Waals surface area contributed by atoms with Crippen molar-refractivity contribution in [3.63, 3.8) is 0 Å². The summed E-state index contributed by atoms with van der Waals surface area (Å²) in [4.78, 5) is 26.7. The van der Waals surface area contributed by atoms with Crippen LogP contribution in [0, 0.1) is 17.0 Å². The number of aryl methyl sites for hydroxylation is 1. The summed E-state index contributed by atoms with van der Waals surface area (Å²) in [6, 6.07) is 11.9. The van der Waals surface area contributed by atoms with E-state index in [2.05, 4.69) is 10.3 Å². The molecule has 1 amide bonds. The summed E-state index contributed by atoms with van der Waals surface area (Å²) >= 11 is 0. The third-order valence-electron chi connectivity index (χ3n) is 3.54. The molecule has 3 aromatic rings. The second-order valence-corrected chi connectivity index (χ2v) is 5.17. The van der Waals surface area contributed by atoms with E-state index in [0.29, 0.717) is 11.3 Å². The van der Waals surface area contributed by atoms with Crippen LogP contribution in [0.15, 0.2) is 48.8 Å².